The van der Waals surface area contributed by atoms with Gasteiger partial charge in [0.25, 0.3) is 0 Å². The summed E-state index contributed by atoms with van der Waals surface area (Å²) in [6, 6.07) is 5.65. The second-order valence-electron chi connectivity index (χ2n) is 2.94. The Morgan fingerprint density at radius 3 is 2.60 bits per heavy atom. The van der Waals surface area contributed by atoms with Crippen molar-refractivity contribution in [2.24, 2.45) is 0 Å². The normalized spacial score (nSPS) is 12.2. The fourth-order valence-electron chi connectivity index (χ4n) is 1.21. The Labute approximate surface area is 86.9 Å². The summed E-state index contributed by atoms with van der Waals surface area (Å²) >= 11 is 0. The van der Waals surface area contributed by atoms with Crippen LogP contribution in [0.2, 0.25) is 0 Å². The van der Waals surface area contributed by atoms with Gasteiger partial charge in [-0.15, -0.1) is 0 Å². The van der Waals surface area contributed by atoms with Crippen molar-refractivity contribution in [2.75, 3.05) is 12.0 Å². The molecule has 1 unspecified atom stereocenters. The molecule has 0 spiro atoms. The molecule has 0 radical (unpaired) electrons. The second-order valence-corrected chi connectivity index (χ2v) is 2.94. The third-order valence-electron chi connectivity index (χ3n) is 2.02. The van der Waals surface area contributed by atoms with Gasteiger partial charge in [-0.25, -0.2) is 14.1 Å². The zero-order valence-corrected chi connectivity index (χ0v) is 8.48. The number of hydrogen-bond acceptors (Lipinski definition) is 2. The van der Waals surface area contributed by atoms with Crippen molar-refractivity contribution in [2.45, 2.75) is 13.2 Å². The van der Waals surface area contributed by atoms with E-state index in [0.717, 1.165) is 4.90 Å². The number of anilines is 1. The summed E-state index contributed by atoms with van der Waals surface area (Å²) in [5, 5.41) is 8.93. The van der Waals surface area contributed by atoms with E-state index in [1.54, 1.807) is 6.07 Å². The van der Waals surface area contributed by atoms with E-state index in [1.165, 1.54) is 32.2 Å². The number of para-hydroxylation sites is 1. The molecule has 0 heterocycles. The van der Waals surface area contributed by atoms with Crippen molar-refractivity contribution in [3.8, 4) is 0 Å². The van der Waals surface area contributed by atoms with Crippen LogP contribution in [0, 0.1) is 5.82 Å². The lowest BCUT2D eigenvalue weighted by atomic mass is 10.3. The molecule has 5 heteroatoms. The van der Waals surface area contributed by atoms with Crippen LogP contribution in [0.1, 0.15) is 6.92 Å². The average Bonchev–Trinajstić information content (AvgIpc) is 2.20. The molecule has 1 amide bonds. The third kappa shape index (κ3) is 2.44. The van der Waals surface area contributed by atoms with Crippen LogP contribution in [0.4, 0.5) is 14.9 Å². The number of nitrogens with zero attached hydrogens (tertiary/aromatic N) is 1. The molecule has 1 rings (SSSR count). The maximum Gasteiger partial charge on any atom is 0.414 e. The van der Waals surface area contributed by atoms with Crippen LogP contribution in [-0.2, 0) is 4.74 Å². The summed E-state index contributed by atoms with van der Waals surface area (Å²) in [5.74, 6) is -0.594. The lowest BCUT2D eigenvalue weighted by Gasteiger charge is -2.25. The van der Waals surface area contributed by atoms with Crippen molar-refractivity contribution in [3.63, 3.8) is 0 Å². The molecule has 1 aromatic carbocycles. The van der Waals surface area contributed by atoms with Gasteiger partial charge >= 0.3 is 6.09 Å². The molecule has 1 N–H and O–H groups in total. The summed E-state index contributed by atoms with van der Waals surface area (Å²) in [7, 11) is 1.36. The van der Waals surface area contributed by atoms with Crippen molar-refractivity contribution >= 4 is 11.8 Å². The van der Waals surface area contributed by atoms with Gasteiger partial charge in [0, 0.05) is 7.11 Å². The van der Waals surface area contributed by atoms with Crippen LogP contribution in [0.15, 0.2) is 24.3 Å². The molecule has 0 aromatic heterocycles. The smallest absolute Gasteiger partial charge is 0.414 e. The first-order valence-corrected chi connectivity index (χ1v) is 4.37. The van der Waals surface area contributed by atoms with Crippen LogP contribution < -0.4 is 4.90 Å². The minimum Gasteiger partial charge on any atom is -0.465 e. The van der Waals surface area contributed by atoms with Gasteiger partial charge in [0.05, 0.1) is 5.69 Å². The molecule has 82 valence electrons. The first kappa shape index (κ1) is 11.5. The van der Waals surface area contributed by atoms with Crippen molar-refractivity contribution < 1.29 is 19.0 Å². The highest BCUT2D eigenvalue weighted by molar-refractivity contribution is 5.86. The Bertz CT molecular complexity index is 356. The molecule has 1 atom stereocenters. The van der Waals surface area contributed by atoms with E-state index in [4.69, 9.17) is 9.84 Å². The zero-order chi connectivity index (χ0) is 11.4. The van der Waals surface area contributed by atoms with Gasteiger partial charge in [-0.05, 0) is 19.1 Å². The fraction of sp³-hybridized carbons (Fsp3) is 0.300. The van der Waals surface area contributed by atoms with E-state index >= 15 is 0 Å². The van der Waals surface area contributed by atoms with E-state index in [2.05, 4.69) is 0 Å². The largest absolute Gasteiger partial charge is 0.465 e. The molecular formula is C10H12FNO3. The predicted octanol–water partition coefficient (Wildman–Crippen LogP) is 2.30. The van der Waals surface area contributed by atoms with E-state index < -0.39 is 18.1 Å². The minimum atomic E-state index is -1.26. The maximum absolute atomic E-state index is 13.3. The lowest BCUT2D eigenvalue weighted by Crippen LogP contribution is -2.39. The van der Waals surface area contributed by atoms with Crippen molar-refractivity contribution in [1.82, 2.24) is 0 Å². The molecule has 0 saturated heterocycles. The van der Waals surface area contributed by atoms with Gasteiger partial charge in [-0.3, -0.25) is 0 Å². The number of benzene rings is 1. The topological polar surface area (TPSA) is 49.8 Å². The van der Waals surface area contributed by atoms with Gasteiger partial charge in [0.1, 0.15) is 12.0 Å². The predicted molar refractivity (Wildman–Crippen MR) is 53.4 cm³/mol. The lowest BCUT2D eigenvalue weighted by molar-refractivity contribution is 0.107. The zero-order valence-electron chi connectivity index (χ0n) is 8.48. The number of ether oxygens (including phenoxy) is 1. The Morgan fingerprint density at radius 1 is 1.53 bits per heavy atom. The number of methoxy groups -OCH3 is 1. The van der Waals surface area contributed by atoms with Crippen LogP contribution >= 0.6 is 0 Å². The monoisotopic (exact) mass is 213 g/mol. The Balaban J connectivity index is 3.10. The highest BCUT2D eigenvalue weighted by atomic mass is 19.1. The molecule has 0 aliphatic heterocycles. The molecule has 0 aliphatic rings. The number of carboxylic acid groups (broad SMARTS) is 1. The number of rotatable bonds is 3. The number of hydrogen-bond donors (Lipinski definition) is 1. The number of carbonyl (C=O) groups is 1. The van der Waals surface area contributed by atoms with E-state index in [0.29, 0.717) is 0 Å². The van der Waals surface area contributed by atoms with Gasteiger partial charge in [0.2, 0.25) is 0 Å². The second kappa shape index (κ2) is 4.75. The van der Waals surface area contributed by atoms with Crippen molar-refractivity contribution in [3.05, 3.63) is 30.1 Å². The fourth-order valence-corrected chi connectivity index (χ4v) is 1.21. The summed E-state index contributed by atoms with van der Waals surface area (Å²) in [4.78, 5) is 11.8. The van der Waals surface area contributed by atoms with Crippen LogP contribution in [-0.4, -0.2) is 24.5 Å². The van der Waals surface area contributed by atoms with E-state index in [-0.39, 0.29) is 5.69 Å². The highest BCUT2D eigenvalue weighted by Gasteiger charge is 2.23. The quantitative estimate of drug-likeness (QED) is 0.784. The molecule has 4 nitrogen and oxygen atoms in total. The first-order chi connectivity index (χ1) is 7.07. The molecule has 0 bridgehead atoms. The van der Waals surface area contributed by atoms with Crippen LogP contribution in [0.5, 0.6) is 0 Å². The van der Waals surface area contributed by atoms with Crippen LogP contribution in [0.3, 0.4) is 0 Å². The summed E-state index contributed by atoms with van der Waals surface area (Å²) in [6.07, 6.45) is -1.99. The standard InChI is InChI=1S/C10H12FNO3/c1-7(15-2)12(10(13)14)9-6-4-3-5-8(9)11/h3-7H,1-2H3,(H,13,14). The summed E-state index contributed by atoms with van der Waals surface area (Å²) in [6.45, 7) is 1.53. The molecule has 1 aromatic rings. The summed E-state index contributed by atoms with van der Waals surface area (Å²) in [5.41, 5.74) is -0.0145. The maximum atomic E-state index is 13.3. The molecule has 15 heavy (non-hydrogen) atoms. The SMILES string of the molecule is COC(C)N(C(=O)O)c1ccccc1F. The average molecular weight is 213 g/mol. The minimum absolute atomic E-state index is 0.0145. The van der Waals surface area contributed by atoms with E-state index in [9.17, 15) is 9.18 Å². The number of halogens is 1. The molecule has 0 fully saturated rings. The van der Waals surface area contributed by atoms with Gasteiger partial charge in [0.15, 0.2) is 0 Å². The van der Waals surface area contributed by atoms with Crippen LogP contribution in [0.25, 0.3) is 0 Å². The van der Waals surface area contributed by atoms with Crippen molar-refractivity contribution in [1.29, 1.82) is 0 Å². The number of amides is 1. The van der Waals surface area contributed by atoms with Gasteiger partial charge < -0.3 is 9.84 Å². The molecule has 0 saturated carbocycles. The summed E-state index contributed by atoms with van der Waals surface area (Å²) < 4.78 is 18.2. The first-order valence-electron chi connectivity index (χ1n) is 4.37. The highest BCUT2D eigenvalue weighted by Crippen LogP contribution is 2.21. The molecular weight excluding hydrogens is 201 g/mol. The Kier molecular flexibility index (Phi) is 3.62. The molecule has 0 aliphatic carbocycles. The third-order valence-corrected chi connectivity index (χ3v) is 2.02. The van der Waals surface area contributed by atoms with Gasteiger partial charge in [-0.1, -0.05) is 12.1 Å². The Hall–Kier alpha value is -1.62. The van der Waals surface area contributed by atoms with E-state index in [1.807, 2.05) is 0 Å². The Morgan fingerprint density at radius 2 is 2.13 bits per heavy atom. The van der Waals surface area contributed by atoms with Gasteiger partial charge in [-0.2, -0.15) is 0 Å².